The van der Waals surface area contributed by atoms with Crippen molar-refractivity contribution in [2.75, 3.05) is 13.1 Å². The van der Waals surface area contributed by atoms with Gasteiger partial charge < -0.3 is 5.32 Å². The smallest absolute Gasteiger partial charge is 0.0233 e. The molecule has 0 atom stereocenters. The second-order valence-electron chi connectivity index (χ2n) is 4.98. The first-order valence-corrected chi connectivity index (χ1v) is 6.87. The predicted octanol–water partition coefficient (Wildman–Crippen LogP) is 2.91. The summed E-state index contributed by atoms with van der Waals surface area (Å²) in [6, 6.07) is 6.97. The van der Waals surface area contributed by atoms with Gasteiger partial charge in [0.05, 0.1) is 0 Å². The van der Waals surface area contributed by atoms with Crippen molar-refractivity contribution in [1.82, 2.24) is 10.2 Å². The van der Waals surface area contributed by atoms with Crippen LogP contribution < -0.4 is 5.32 Å². The van der Waals surface area contributed by atoms with Crippen molar-refractivity contribution >= 4 is 0 Å². The average Bonchev–Trinajstić information content (AvgIpc) is 2.77. The van der Waals surface area contributed by atoms with Gasteiger partial charge >= 0.3 is 0 Å². The molecule has 0 saturated carbocycles. The molecule has 1 aliphatic heterocycles. The Balaban J connectivity index is 2.01. The van der Waals surface area contributed by atoms with Crippen LogP contribution in [-0.2, 0) is 19.6 Å². The first-order chi connectivity index (χ1) is 8.33. The summed E-state index contributed by atoms with van der Waals surface area (Å²) in [6.45, 7) is 10.1. The lowest BCUT2D eigenvalue weighted by atomic mass is 10.1. The average molecular weight is 232 g/mol. The molecule has 94 valence electrons. The predicted molar refractivity (Wildman–Crippen MR) is 72.8 cm³/mol. The number of benzene rings is 1. The SMILES string of the molecule is CCCN(CCC)Cc1ccc2c(c1)CNC2. The molecule has 0 spiro atoms. The van der Waals surface area contributed by atoms with Crippen LogP contribution >= 0.6 is 0 Å². The molecule has 2 nitrogen and oxygen atoms in total. The molecule has 1 heterocycles. The normalized spacial score (nSPS) is 14.3. The number of nitrogens with one attached hydrogen (secondary N) is 1. The molecule has 1 N–H and O–H groups in total. The largest absolute Gasteiger partial charge is 0.309 e. The molecule has 0 aromatic heterocycles. The summed E-state index contributed by atoms with van der Waals surface area (Å²) in [5, 5.41) is 3.40. The van der Waals surface area contributed by atoms with Crippen LogP contribution in [0, 0.1) is 0 Å². The molecule has 0 saturated heterocycles. The minimum atomic E-state index is 1.04. The maximum Gasteiger partial charge on any atom is 0.0233 e. The number of hydrogen-bond donors (Lipinski definition) is 1. The first-order valence-electron chi connectivity index (χ1n) is 6.87. The van der Waals surface area contributed by atoms with Crippen molar-refractivity contribution in [2.45, 2.75) is 46.3 Å². The molecular weight excluding hydrogens is 208 g/mol. The van der Waals surface area contributed by atoms with Gasteiger partial charge in [0, 0.05) is 19.6 Å². The Morgan fingerprint density at radius 2 is 1.76 bits per heavy atom. The van der Waals surface area contributed by atoms with Crippen molar-refractivity contribution in [2.24, 2.45) is 0 Å². The number of rotatable bonds is 6. The van der Waals surface area contributed by atoms with E-state index in [1.165, 1.54) is 42.6 Å². The molecular formula is C15H24N2. The maximum absolute atomic E-state index is 3.40. The molecule has 0 bridgehead atoms. The van der Waals surface area contributed by atoms with Crippen molar-refractivity contribution in [1.29, 1.82) is 0 Å². The minimum Gasteiger partial charge on any atom is -0.309 e. The Labute approximate surface area is 105 Å². The van der Waals surface area contributed by atoms with Crippen LogP contribution in [0.4, 0.5) is 0 Å². The molecule has 17 heavy (non-hydrogen) atoms. The van der Waals surface area contributed by atoms with E-state index in [-0.39, 0.29) is 0 Å². The number of hydrogen-bond acceptors (Lipinski definition) is 2. The Hall–Kier alpha value is -0.860. The second-order valence-corrected chi connectivity index (χ2v) is 4.98. The van der Waals surface area contributed by atoms with Crippen molar-refractivity contribution in [3.8, 4) is 0 Å². The third-order valence-electron chi connectivity index (χ3n) is 3.39. The van der Waals surface area contributed by atoms with Gasteiger partial charge in [-0.25, -0.2) is 0 Å². The van der Waals surface area contributed by atoms with Gasteiger partial charge in [0.15, 0.2) is 0 Å². The van der Waals surface area contributed by atoms with E-state index in [2.05, 4.69) is 42.3 Å². The van der Waals surface area contributed by atoms with E-state index in [4.69, 9.17) is 0 Å². The quantitative estimate of drug-likeness (QED) is 0.811. The highest BCUT2D eigenvalue weighted by molar-refractivity contribution is 5.34. The van der Waals surface area contributed by atoms with Gasteiger partial charge in [0.2, 0.25) is 0 Å². The number of nitrogens with zero attached hydrogens (tertiary/aromatic N) is 1. The summed E-state index contributed by atoms with van der Waals surface area (Å²) in [5.41, 5.74) is 4.44. The fraction of sp³-hybridized carbons (Fsp3) is 0.600. The topological polar surface area (TPSA) is 15.3 Å². The summed E-state index contributed by atoms with van der Waals surface area (Å²) in [4.78, 5) is 2.56. The molecule has 1 aromatic rings. The molecule has 2 heteroatoms. The van der Waals surface area contributed by atoms with Crippen LogP contribution in [0.3, 0.4) is 0 Å². The summed E-state index contributed by atoms with van der Waals surface area (Å²) in [6.07, 6.45) is 2.49. The second kappa shape index (κ2) is 6.18. The van der Waals surface area contributed by atoms with Crippen molar-refractivity contribution in [3.05, 3.63) is 34.9 Å². The van der Waals surface area contributed by atoms with Crippen LogP contribution in [0.25, 0.3) is 0 Å². The summed E-state index contributed by atoms with van der Waals surface area (Å²) < 4.78 is 0. The number of fused-ring (bicyclic) bond motifs is 1. The lowest BCUT2D eigenvalue weighted by Crippen LogP contribution is -2.24. The van der Waals surface area contributed by atoms with Crippen LogP contribution in [0.2, 0.25) is 0 Å². The third kappa shape index (κ3) is 3.30. The van der Waals surface area contributed by atoms with Gasteiger partial charge in [0.25, 0.3) is 0 Å². The molecule has 0 unspecified atom stereocenters. The highest BCUT2D eigenvalue weighted by atomic mass is 15.1. The lowest BCUT2D eigenvalue weighted by molar-refractivity contribution is 0.266. The van der Waals surface area contributed by atoms with Gasteiger partial charge in [-0.3, -0.25) is 4.90 Å². The Morgan fingerprint density at radius 3 is 2.47 bits per heavy atom. The van der Waals surface area contributed by atoms with E-state index < -0.39 is 0 Å². The summed E-state index contributed by atoms with van der Waals surface area (Å²) in [5.74, 6) is 0. The Morgan fingerprint density at radius 1 is 1.06 bits per heavy atom. The van der Waals surface area contributed by atoms with E-state index in [9.17, 15) is 0 Å². The van der Waals surface area contributed by atoms with E-state index in [1.807, 2.05) is 0 Å². The molecule has 1 aromatic carbocycles. The van der Waals surface area contributed by atoms with Gasteiger partial charge in [0.1, 0.15) is 0 Å². The van der Waals surface area contributed by atoms with E-state index in [1.54, 1.807) is 0 Å². The van der Waals surface area contributed by atoms with Crippen LogP contribution in [-0.4, -0.2) is 18.0 Å². The van der Waals surface area contributed by atoms with Gasteiger partial charge in [-0.05, 0) is 42.6 Å². The minimum absolute atomic E-state index is 1.04. The zero-order valence-corrected chi connectivity index (χ0v) is 11.1. The van der Waals surface area contributed by atoms with Crippen LogP contribution in [0.15, 0.2) is 18.2 Å². The van der Waals surface area contributed by atoms with Gasteiger partial charge in [-0.2, -0.15) is 0 Å². The lowest BCUT2D eigenvalue weighted by Gasteiger charge is -2.21. The van der Waals surface area contributed by atoms with Gasteiger partial charge in [-0.1, -0.05) is 32.0 Å². The van der Waals surface area contributed by atoms with Gasteiger partial charge in [-0.15, -0.1) is 0 Å². The highest BCUT2D eigenvalue weighted by Gasteiger charge is 2.11. The molecule has 0 fully saturated rings. The van der Waals surface area contributed by atoms with E-state index in [0.717, 1.165) is 19.6 Å². The summed E-state index contributed by atoms with van der Waals surface area (Å²) >= 11 is 0. The maximum atomic E-state index is 3.40. The fourth-order valence-corrected chi connectivity index (χ4v) is 2.61. The first kappa shape index (κ1) is 12.6. The monoisotopic (exact) mass is 232 g/mol. The Kier molecular flexibility index (Phi) is 4.57. The molecule has 0 radical (unpaired) electrons. The third-order valence-corrected chi connectivity index (χ3v) is 3.39. The molecule has 1 aliphatic rings. The zero-order valence-electron chi connectivity index (χ0n) is 11.1. The molecule has 2 rings (SSSR count). The fourth-order valence-electron chi connectivity index (χ4n) is 2.61. The standard InChI is InChI=1S/C15H24N2/c1-3-7-17(8-4-2)12-13-5-6-14-10-16-11-15(14)9-13/h5-6,9,16H,3-4,7-8,10-12H2,1-2H3. The molecule has 0 amide bonds. The van der Waals surface area contributed by atoms with Crippen LogP contribution in [0.5, 0.6) is 0 Å². The van der Waals surface area contributed by atoms with Crippen molar-refractivity contribution in [3.63, 3.8) is 0 Å². The van der Waals surface area contributed by atoms with E-state index in [0.29, 0.717) is 0 Å². The molecule has 0 aliphatic carbocycles. The van der Waals surface area contributed by atoms with Crippen molar-refractivity contribution < 1.29 is 0 Å². The Bertz CT molecular complexity index is 354. The van der Waals surface area contributed by atoms with E-state index >= 15 is 0 Å². The van der Waals surface area contributed by atoms with Crippen LogP contribution in [0.1, 0.15) is 43.4 Å². The summed E-state index contributed by atoms with van der Waals surface area (Å²) in [7, 11) is 0. The zero-order chi connectivity index (χ0) is 12.1. The highest BCUT2D eigenvalue weighted by Crippen LogP contribution is 2.18.